The number of ether oxygens (including phenoxy) is 2. The van der Waals surface area contributed by atoms with Crippen LogP contribution in [-0.2, 0) is 16.1 Å². The van der Waals surface area contributed by atoms with Crippen molar-refractivity contribution in [3.8, 4) is 11.5 Å². The van der Waals surface area contributed by atoms with Crippen LogP contribution >= 0.6 is 23.4 Å². The number of carbonyl (C=O) groups excluding carboxylic acids is 3. The number of halogens is 1. The van der Waals surface area contributed by atoms with Crippen LogP contribution in [0.2, 0.25) is 5.02 Å². The first-order valence-electron chi connectivity index (χ1n) is 10.6. The van der Waals surface area contributed by atoms with E-state index in [1.165, 1.54) is 7.11 Å². The molecule has 3 amide bonds. The van der Waals surface area contributed by atoms with Gasteiger partial charge in [0.05, 0.1) is 17.7 Å². The van der Waals surface area contributed by atoms with Crippen molar-refractivity contribution in [3.05, 3.63) is 93.9 Å². The van der Waals surface area contributed by atoms with Crippen LogP contribution < -0.4 is 19.7 Å². The topological polar surface area (TPSA) is 84.9 Å². The predicted octanol–water partition coefficient (Wildman–Crippen LogP) is 5.28. The maximum absolute atomic E-state index is 12.9. The van der Waals surface area contributed by atoms with Crippen LogP contribution in [-0.4, -0.2) is 30.8 Å². The number of nitrogens with zero attached hydrogens (tertiary/aromatic N) is 1. The molecule has 0 unspecified atom stereocenters. The van der Waals surface area contributed by atoms with Crippen molar-refractivity contribution in [2.45, 2.75) is 6.54 Å². The molecule has 7 nitrogen and oxygen atoms in total. The first-order valence-corrected chi connectivity index (χ1v) is 11.8. The Bertz CT molecular complexity index is 1280. The Morgan fingerprint density at radius 1 is 1.03 bits per heavy atom. The van der Waals surface area contributed by atoms with Gasteiger partial charge in [0, 0.05) is 11.6 Å². The van der Waals surface area contributed by atoms with Crippen LogP contribution in [0.3, 0.4) is 0 Å². The Morgan fingerprint density at radius 2 is 1.77 bits per heavy atom. The first-order chi connectivity index (χ1) is 16.9. The van der Waals surface area contributed by atoms with Gasteiger partial charge in [0.25, 0.3) is 17.1 Å². The molecule has 3 aromatic carbocycles. The van der Waals surface area contributed by atoms with Crippen LogP contribution in [0.4, 0.5) is 10.5 Å². The highest BCUT2D eigenvalue weighted by Gasteiger charge is 2.36. The van der Waals surface area contributed by atoms with Crippen molar-refractivity contribution in [3.63, 3.8) is 0 Å². The molecule has 35 heavy (non-hydrogen) atoms. The molecule has 4 rings (SSSR count). The smallest absolute Gasteiger partial charge is 0.298 e. The van der Waals surface area contributed by atoms with Crippen molar-refractivity contribution < 1.29 is 23.9 Å². The molecule has 1 aliphatic heterocycles. The summed E-state index contributed by atoms with van der Waals surface area (Å²) in [7, 11) is 1.48. The van der Waals surface area contributed by atoms with Gasteiger partial charge < -0.3 is 14.8 Å². The average Bonchev–Trinajstić information content (AvgIpc) is 3.15. The molecule has 0 radical (unpaired) electrons. The Morgan fingerprint density at radius 3 is 2.49 bits per heavy atom. The van der Waals surface area contributed by atoms with Crippen LogP contribution in [0.5, 0.6) is 11.5 Å². The number of amides is 3. The number of nitrogens with one attached hydrogen (secondary N) is 1. The summed E-state index contributed by atoms with van der Waals surface area (Å²) >= 11 is 6.75. The van der Waals surface area contributed by atoms with Gasteiger partial charge in [-0.05, 0) is 65.4 Å². The number of carbonyl (C=O) groups is 3. The van der Waals surface area contributed by atoms with Gasteiger partial charge in [0.1, 0.15) is 0 Å². The van der Waals surface area contributed by atoms with Crippen LogP contribution in [0.1, 0.15) is 11.1 Å². The van der Waals surface area contributed by atoms with Gasteiger partial charge in [-0.3, -0.25) is 14.4 Å². The SMILES string of the molecule is COc1cc(/C=C2/SC(=O)N(c3ccc(Cl)cc3)C2=O)ccc1OCC(=O)NCc1ccccc1. The second kappa shape index (κ2) is 11.1. The largest absolute Gasteiger partial charge is 0.493 e. The maximum Gasteiger partial charge on any atom is 0.298 e. The average molecular weight is 509 g/mol. The van der Waals surface area contributed by atoms with Crippen LogP contribution in [0.25, 0.3) is 6.08 Å². The van der Waals surface area contributed by atoms with Gasteiger partial charge in [-0.25, -0.2) is 4.90 Å². The summed E-state index contributed by atoms with van der Waals surface area (Å²) in [4.78, 5) is 38.8. The predicted molar refractivity (Wildman–Crippen MR) is 137 cm³/mol. The molecule has 0 aromatic heterocycles. The van der Waals surface area contributed by atoms with E-state index in [-0.39, 0.29) is 17.4 Å². The highest BCUT2D eigenvalue weighted by atomic mass is 35.5. The third-order valence-corrected chi connectivity index (χ3v) is 6.18. The molecule has 9 heteroatoms. The van der Waals surface area contributed by atoms with E-state index in [0.29, 0.717) is 34.3 Å². The molecule has 0 aliphatic carbocycles. The zero-order chi connectivity index (χ0) is 24.8. The number of methoxy groups -OCH3 is 1. The number of hydrogen-bond acceptors (Lipinski definition) is 6. The number of benzene rings is 3. The van der Waals surface area contributed by atoms with E-state index in [0.717, 1.165) is 22.2 Å². The fourth-order valence-electron chi connectivity index (χ4n) is 3.32. The lowest BCUT2D eigenvalue weighted by molar-refractivity contribution is -0.123. The van der Waals surface area contributed by atoms with Gasteiger partial charge in [-0.2, -0.15) is 0 Å². The number of thioether (sulfide) groups is 1. The summed E-state index contributed by atoms with van der Waals surface area (Å²) in [5.74, 6) is 0.0906. The van der Waals surface area contributed by atoms with Gasteiger partial charge >= 0.3 is 0 Å². The fraction of sp³-hybridized carbons (Fsp3) is 0.115. The molecular weight excluding hydrogens is 488 g/mol. The van der Waals surface area contributed by atoms with Crippen LogP contribution in [0, 0.1) is 0 Å². The lowest BCUT2D eigenvalue weighted by atomic mass is 10.2. The minimum atomic E-state index is -0.420. The molecule has 1 fully saturated rings. The quantitative estimate of drug-likeness (QED) is 0.416. The third-order valence-electron chi connectivity index (χ3n) is 5.06. The van der Waals surface area contributed by atoms with Crippen molar-refractivity contribution in [2.75, 3.05) is 18.6 Å². The number of rotatable bonds is 8. The molecule has 178 valence electrons. The number of hydrogen-bond donors (Lipinski definition) is 1. The van der Waals surface area contributed by atoms with Gasteiger partial charge in [-0.15, -0.1) is 0 Å². The van der Waals surface area contributed by atoms with Crippen molar-refractivity contribution >= 4 is 52.2 Å². The highest BCUT2D eigenvalue weighted by Crippen LogP contribution is 2.37. The minimum absolute atomic E-state index is 0.178. The summed E-state index contributed by atoms with van der Waals surface area (Å²) in [5.41, 5.74) is 2.08. The Balaban J connectivity index is 1.41. The van der Waals surface area contributed by atoms with E-state index in [9.17, 15) is 14.4 Å². The summed E-state index contributed by atoms with van der Waals surface area (Å²) in [5, 5.41) is 2.92. The zero-order valence-electron chi connectivity index (χ0n) is 18.7. The van der Waals surface area contributed by atoms with Gasteiger partial charge in [0.15, 0.2) is 18.1 Å². The number of imide groups is 1. The summed E-state index contributed by atoms with van der Waals surface area (Å²) in [6.45, 7) is 0.229. The fourth-order valence-corrected chi connectivity index (χ4v) is 4.28. The van der Waals surface area contributed by atoms with Crippen molar-refractivity contribution in [1.29, 1.82) is 0 Å². The number of anilines is 1. The molecule has 0 atom stereocenters. The monoisotopic (exact) mass is 508 g/mol. The first kappa shape index (κ1) is 24.4. The molecule has 0 spiro atoms. The lowest BCUT2D eigenvalue weighted by Gasteiger charge is -2.12. The second-order valence-electron chi connectivity index (χ2n) is 7.45. The van der Waals surface area contributed by atoms with E-state index < -0.39 is 11.1 Å². The Labute approximate surface area is 211 Å². The molecule has 1 aliphatic rings. The van der Waals surface area contributed by atoms with Gasteiger partial charge in [-0.1, -0.05) is 48.0 Å². The van der Waals surface area contributed by atoms with E-state index in [1.807, 2.05) is 30.3 Å². The normalized spacial score (nSPS) is 14.3. The van der Waals surface area contributed by atoms with Crippen molar-refractivity contribution in [1.82, 2.24) is 5.32 Å². The van der Waals surface area contributed by atoms with Gasteiger partial charge in [0.2, 0.25) is 0 Å². The molecule has 0 bridgehead atoms. The summed E-state index contributed by atoms with van der Waals surface area (Å²) in [6.07, 6.45) is 1.61. The molecule has 1 N–H and O–H groups in total. The second-order valence-corrected chi connectivity index (χ2v) is 8.88. The Hall–Kier alpha value is -3.75. The van der Waals surface area contributed by atoms with E-state index in [2.05, 4.69) is 5.32 Å². The lowest BCUT2D eigenvalue weighted by Crippen LogP contribution is -2.28. The molecule has 1 saturated heterocycles. The van der Waals surface area contributed by atoms with E-state index in [1.54, 1.807) is 48.5 Å². The van der Waals surface area contributed by atoms with Crippen LogP contribution in [0.15, 0.2) is 77.7 Å². The Kier molecular flexibility index (Phi) is 7.74. The highest BCUT2D eigenvalue weighted by molar-refractivity contribution is 8.19. The van der Waals surface area contributed by atoms with E-state index in [4.69, 9.17) is 21.1 Å². The summed E-state index contributed by atoms with van der Waals surface area (Å²) < 4.78 is 11.0. The third kappa shape index (κ3) is 6.03. The minimum Gasteiger partial charge on any atom is -0.493 e. The zero-order valence-corrected chi connectivity index (χ0v) is 20.3. The standard InChI is InChI=1S/C26H21ClN2O5S/c1-33-22-13-18(7-12-21(22)34-16-24(30)28-15-17-5-3-2-4-6-17)14-23-25(31)29(26(32)35-23)20-10-8-19(27)9-11-20/h2-14H,15-16H2,1H3,(H,28,30)/b23-14+. The van der Waals surface area contributed by atoms with Crippen molar-refractivity contribution in [2.24, 2.45) is 0 Å². The molecular formula is C26H21ClN2O5S. The molecule has 3 aromatic rings. The molecule has 0 saturated carbocycles. The summed E-state index contributed by atoms with van der Waals surface area (Å²) in [6, 6.07) is 21.1. The molecule has 1 heterocycles. The van der Waals surface area contributed by atoms with E-state index >= 15 is 0 Å². The maximum atomic E-state index is 12.9.